The maximum Gasteiger partial charge on any atom is 0.322 e. The molecule has 0 aromatic carbocycles. The van der Waals surface area contributed by atoms with Crippen LogP contribution in [0.5, 0.6) is 0 Å². The third-order valence-electron chi connectivity index (χ3n) is 2.14. The number of ether oxygens (including phenoxy) is 1. The van der Waals surface area contributed by atoms with Gasteiger partial charge < -0.3 is 10.1 Å². The first-order valence-electron chi connectivity index (χ1n) is 4.56. The van der Waals surface area contributed by atoms with Crippen LogP contribution in [0.3, 0.4) is 0 Å². The zero-order valence-electron chi connectivity index (χ0n) is 8.96. The van der Waals surface area contributed by atoms with Gasteiger partial charge in [0.1, 0.15) is 6.04 Å². The fourth-order valence-corrected chi connectivity index (χ4v) is 1.05. The van der Waals surface area contributed by atoms with E-state index in [1.807, 2.05) is 25.9 Å². The molecule has 4 nitrogen and oxygen atoms in total. The van der Waals surface area contributed by atoms with Crippen molar-refractivity contribution in [3.8, 4) is 0 Å². The van der Waals surface area contributed by atoms with Crippen molar-refractivity contribution in [3.63, 3.8) is 0 Å². The fourth-order valence-electron chi connectivity index (χ4n) is 1.05. The van der Waals surface area contributed by atoms with Gasteiger partial charge in [-0.15, -0.1) is 0 Å². The van der Waals surface area contributed by atoms with Crippen LogP contribution in [0.15, 0.2) is 0 Å². The van der Waals surface area contributed by atoms with Crippen LogP contribution in [-0.2, 0) is 9.53 Å². The van der Waals surface area contributed by atoms with Crippen LogP contribution < -0.4 is 5.32 Å². The number of hydrogen-bond acceptors (Lipinski definition) is 4. The Labute approximate surface area is 80.2 Å². The molecule has 0 rings (SSSR count). The topological polar surface area (TPSA) is 41.6 Å². The molecule has 0 fully saturated rings. The number of nitrogens with one attached hydrogen (secondary N) is 1. The number of hydrogen-bond donors (Lipinski definition) is 1. The highest BCUT2D eigenvalue weighted by Gasteiger charge is 2.17. The Morgan fingerprint density at radius 3 is 2.69 bits per heavy atom. The summed E-state index contributed by atoms with van der Waals surface area (Å²) < 4.78 is 4.64. The molecule has 0 saturated carbocycles. The molecule has 4 heteroatoms. The Morgan fingerprint density at radius 1 is 1.62 bits per heavy atom. The summed E-state index contributed by atoms with van der Waals surface area (Å²) in [5.74, 6) is -0.174. The summed E-state index contributed by atoms with van der Waals surface area (Å²) in [4.78, 5) is 13.1. The van der Waals surface area contributed by atoms with Crippen molar-refractivity contribution in [3.05, 3.63) is 0 Å². The van der Waals surface area contributed by atoms with Crippen LogP contribution in [0.25, 0.3) is 0 Å². The predicted octanol–water partition coefficient (Wildman–Crippen LogP) is 0.0892. The normalized spacial score (nSPS) is 13.0. The largest absolute Gasteiger partial charge is 0.468 e. The highest BCUT2D eigenvalue weighted by Crippen LogP contribution is 1.98. The predicted molar refractivity (Wildman–Crippen MR) is 52.7 cm³/mol. The first kappa shape index (κ1) is 12.4. The standard InChI is InChI=1S/C9H20N2O2/c1-8(9(12)13-4)11(3)7-5-6-10-2/h8,10H,5-7H2,1-4H3. The van der Waals surface area contributed by atoms with Gasteiger partial charge in [0, 0.05) is 0 Å². The molecule has 0 aliphatic rings. The Morgan fingerprint density at radius 2 is 2.23 bits per heavy atom. The maximum absolute atomic E-state index is 11.1. The van der Waals surface area contributed by atoms with Crippen molar-refractivity contribution in [2.45, 2.75) is 19.4 Å². The average molecular weight is 188 g/mol. The van der Waals surface area contributed by atoms with Crippen molar-refractivity contribution >= 4 is 5.97 Å². The van der Waals surface area contributed by atoms with E-state index in [1.165, 1.54) is 7.11 Å². The summed E-state index contributed by atoms with van der Waals surface area (Å²) in [5.41, 5.74) is 0. The van der Waals surface area contributed by atoms with Gasteiger partial charge in [0.25, 0.3) is 0 Å². The van der Waals surface area contributed by atoms with E-state index in [0.717, 1.165) is 19.5 Å². The Hall–Kier alpha value is -0.610. The maximum atomic E-state index is 11.1. The van der Waals surface area contributed by atoms with Gasteiger partial charge in [-0.3, -0.25) is 9.69 Å². The minimum absolute atomic E-state index is 0.151. The number of esters is 1. The van der Waals surface area contributed by atoms with Gasteiger partial charge in [-0.2, -0.15) is 0 Å². The lowest BCUT2D eigenvalue weighted by molar-refractivity contribution is -0.145. The first-order valence-corrected chi connectivity index (χ1v) is 4.56. The molecule has 0 spiro atoms. The van der Waals surface area contributed by atoms with Gasteiger partial charge in [-0.05, 0) is 40.5 Å². The summed E-state index contributed by atoms with van der Waals surface area (Å²) >= 11 is 0. The van der Waals surface area contributed by atoms with Crippen molar-refractivity contribution < 1.29 is 9.53 Å². The summed E-state index contributed by atoms with van der Waals surface area (Å²) in [6.07, 6.45) is 1.04. The molecular formula is C9H20N2O2. The lowest BCUT2D eigenvalue weighted by Crippen LogP contribution is -2.38. The van der Waals surface area contributed by atoms with Gasteiger partial charge >= 0.3 is 5.97 Å². The Balaban J connectivity index is 3.68. The van der Waals surface area contributed by atoms with Crippen molar-refractivity contribution in [1.82, 2.24) is 10.2 Å². The van der Waals surface area contributed by atoms with E-state index in [-0.39, 0.29) is 12.0 Å². The lowest BCUT2D eigenvalue weighted by Gasteiger charge is -2.22. The molecule has 0 amide bonds. The number of likely N-dealkylation sites (N-methyl/N-ethyl adjacent to an activating group) is 1. The van der Waals surface area contributed by atoms with Gasteiger partial charge in [-0.25, -0.2) is 0 Å². The quantitative estimate of drug-likeness (QED) is 0.474. The zero-order valence-corrected chi connectivity index (χ0v) is 8.96. The summed E-state index contributed by atoms with van der Waals surface area (Å²) in [6.45, 7) is 3.72. The monoisotopic (exact) mass is 188 g/mol. The van der Waals surface area contributed by atoms with Gasteiger partial charge in [0.05, 0.1) is 7.11 Å². The van der Waals surface area contributed by atoms with E-state index in [1.54, 1.807) is 0 Å². The number of methoxy groups -OCH3 is 1. The Bertz CT molecular complexity index is 151. The van der Waals surface area contributed by atoms with Crippen LogP contribution in [0.4, 0.5) is 0 Å². The molecule has 0 saturated heterocycles. The summed E-state index contributed by atoms with van der Waals surface area (Å²) in [6, 6.07) is -0.151. The number of nitrogens with zero attached hydrogens (tertiary/aromatic N) is 1. The highest BCUT2D eigenvalue weighted by molar-refractivity contribution is 5.75. The molecule has 0 radical (unpaired) electrons. The van der Waals surface area contributed by atoms with E-state index < -0.39 is 0 Å². The number of carbonyl (C=O) groups excluding carboxylic acids is 1. The molecule has 1 atom stereocenters. The minimum atomic E-state index is -0.174. The lowest BCUT2D eigenvalue weighted by atomic mass is 10.3. The second-order valence-electron chi connectivity index (χ2n) is 3.14. The molecule has 1 N–H and O–H groups in total. The van der Waals surface area contributed by atoms with Gasteiger partial charge in [0.2, 0.25) is 0 Å². The van der Waals surface area contributed by atoms with E-state index in [0.29, 0.717) is 0 Å². The van der Waals surface area contributed by atoms with Crippen molar-refractivity contribution in [1.29, 1.82) is 0 Å². The molecule has 0 aliphatic heterocycles. The van der Waals surface area contributed by atoms with Crippen LogP contribution in [0.1, 0.15) is 13.3 Å². The molecule has 1 unspecified atom stereocenters. The molecule has 0 aliphatic carbocycles. The van der Waals surface area contributed by atoms with Crippen LogP contribution in [-0.4, -0.2) is 51.2 Å². The third-order valence-corrected chi connectivity index (χ3v) is 2.14. The van der Waals surface area contributed by atoms with Gasteiger partial charge in [0.15, 0.2) is 0 Å². The fraction of sp³-hybridized carbons (Fsp3) is 0.889. The molecule has 0 aromatic heterocycles. The average Bonchev–Trinajstić information content (AvgIpc) is 2.15. The van der Waals surface area contributed by atoms with Crippen molar-refractivity contribution in [2.24, 2.45) is 0 Å². The molecule has 0 aromatic rings. The van der Waals surface area contributed by atoms with Crippen LogP contribution >= 0.6 is 0 Å². The van der Waals surface area contributed by atoms with Crippen LogP contribution in [0, 0.1) is 0 Å². The second kappa shape index (κ2) is 6.86. The van der Waals surface area contributed by atoms with E-state index in [9.17, 15) is 4.79 Å². The zero-order chi connectivity index (χ0) is 10.3. The molecule has 0 bridgehead atoms. The number of carbonyl (C=O) groups is 1. The highest BCUT2D eigenvalue weighted by atomic mass is 16.5. The molecule has 0 heterocycles. The van der Waals surface area contributed by atoms with Gasteiger partial charge in [-0.1, -0.05) is 0 Å². The summed E-state index contributed by atoms with van der Waals surface area (Å²) in [7, 11) is 5.27. The van der Waals surface area contributed by atoms with E-state index in [2.05, 4.69) is 10.1 Å². The summed E-state index contributed by atoms with van der Waals surface area (Å²) in [5, 5.41) is 3.06. The Kier molecular flexibility index (Phi) is 6.54. The third kappa shape index (κ3) is 4.85. The van der Waals surface area contributed by atoms with E-state index in [4.69, 9.17) is 0 Å². The molecule has 13 heavy (non-hydrogen) atoms. The minimum Gasteiger partial charge on any atom is -0.468 e. The molecule has 78 valence electrons. The second-order valence-corrected chi connectivity index (χ2v) is 3.14. The number of rotatable bonds is 6. The molecular weight excluding hydrogens is 168 g/mol. The SMILES string of the molecule is CNCCCN(C)C(C)C(=O)OC. The van der Waals surface area contributed by atoms with E-state index >= 15 is 0 Å². The van der Waals surface area contributed by atoms with Crippen molar-refractivity contribution in [2.75, 3.05) is 34.3 Å². The first-order chi connectivity index (χ1) is 6.13. The smallest absolute Gasteiger partial charge is 0.322 e. The van der Waals surface area contributed by atoms with Crippen LogP contribution in [0.2, 0.25) is 0 Å².